The summed E-state index contributed by atoms with van der Waals surface area (Å²) in [5, 5.41) is 12.8. The van der Waals surface area contributed by atoms with Crippen molar-refractivity contribution < 1.29 is 9.90 Å². The van der Waals surface area contributed by atoms with E-state index in [9.17, 15) is 9.90 Å². The molecule has 0 bridgehead atoms. The van der Waals surface area contributed by atoms with Gasteiger partial charge in [-0.15, -0.1) is 0 Å². The van der Waals surface area contributed by atoms with Gasteiger partial charge >= 0.3 is 0 Å². The molecular formula is C14H21N3O2. The molecule has 0 unspecified atom stereocenters. The van der Waals surface area contributed by atoms with Gasteiger partial charge in [-0.1, -0.05) is 12.8 Å². The molecular weight excluding hydrogens is 242 g/mol. The molecule has 1 aliphatic carbocycles. The van der Waals surface area contributed by atoms with E-state index in [4.69, 9.17) is 11.5 Å². The Kier molecular flexibility index (Phi) is 3.95. The van der Waals surface area contributed by atoms with Crippen LogP contribution in [-0.4, -0.2) is 24.2 Å². The summed E-state index contributed by atoms with van der Waals surface area (Å²) in [6.07, 6.45) is 4.29. The zero-order valence-corrected chi connectivity index (χ0v) is 11.0. The fraction of sp³-hybridized carbons (Fsp3) is 0.500. The number of carbonyl (C=O) groups is 1. The summed E-state index contributed by atoms with van der Waals surface area (Å²) in [7, 11) is 0. The summed E-state index contributed by atoms with van der Waals surface area (Å²) in [5.41, 5.74) is 12.7. The highest BCUT2D eigenvalue weighted by Gasteiger charge is 2.33. The molecule has 1 fully saturated rings. The predicted molar refractivity (Wildman–Crippen MR) is 75.8 cm³/mol. The number of aliphatic hydroxyl groups excluding tert-OH is 1. The lowest BCUT2D eigenvalue weighted by Crippen LogP contribution is -2.31. The van der Waals surface area contributed by atoms with Crippen LogP contribution in [0.4, 0.5) is 11.4 Å². The minimum atomic E-state index is -0.480. The highest BCUT2D eigenvalue weighted by atomic mass is 16.3. The fourth-order valence-electron chi connectivity index (χ4n) is 2.72. The van der Waals surface area contributed by atoms with Crippen LogP contribution in [0.5, 0.6) is 0 Å². The van der Waals surface area contributed by atoms with Gasteiger partial charge in [-0.3, -0.25) is 4.79 Å². The fourth-order valence-corrected chi connectivity index (χ4v) is 2.72. The van der Waals surface area contributed by atoms with Crippen LogP contribution < -0.4 is 16.8 Å². The maximum Gasteiger partial charge on any atom is 0.250 e. The molecule has 0 spiro atoms. The Morgan fingerprint density at radius 1 is 1.37 bits per heavy atom. The Hall–Kier alpha value is -1.75. The Morgan fingerprint density at radius 3 is 2.63 bits per heavy atom. The smallest absolute Gasteiger partial charge is 0.250 e. The van der Waals surface area contributed by atoms with Crippen molar-refractivity contribution in [2.75, 3.05) is 24.2 Å². The van der Waals surface area contributed by atoms with Crippen LogP contribution in [0, 0.1) is 5.41 Å². The van der Waals surface area contributed by atoms with E-state index in [1.54, 1.807) is 18.2 Å². The van der Waals surface area contributed by atoms with E-state index in [2.05, 4.69) is 5.32 Å². The number of primary amides is 1. The van der Waals surface area contributed by atoms with Gasteiger partial charge in [0.15, 0.2) is 0 Å². The highest BCUT2D eigenvalue weighted by Crippen LogP contribution is 2.38. The quantitative estimate of drug-likeness (QED) is 0.602. The Bertz CT molecular complexity index is 468. The second kappa shape index (κ2) is 5.48. The van der Waals surface area contributed by atoms with Crippen LogP contribution in [0.1, 0.15) is 36.0 Å². The molecule has 5 heteroatoms. The second-order valence-corrected chi connectivity index (χ2v) is 5.39. The van der Waals surface area contributed by atoms with E-state index in [0.717, 1.165) is 25.7 Å². The van der Waals surface area contributed by atoms with E-state index in [1.807, 2.05) is 0 Å². The number of nitrogen functional groups attached to an aromatic ring is 1. The van der Waals surface area contributed by atoms with Crippen molar-refractivity contribution in [1.29, 1.82) is 0 Å². The Morgan fingerprint density at radius 2 is 2.05 bits per heavy atom. The molecule has 0 aromatic heterocycles. The molecule has 104 valence electrons. The standard InChI is InChI=1S/C14H21N3O2/c15-10-3-4-11(13(16)19)12(7-10)17-8-14(9-18)5-1-2-6-14/h3-4,7,17-18H,1-2,5-6,8-9,15H2,(H2,16,19). The third-order valence-corrected chi connectivity index (χ3v) is 3.96. The van der Waals surface area contributed by atoms with Gasteiger partial charge in [0.2, 0.25) is 0 Å². The van der Waals surface area contributed by atoms with Gasteiger partial charge in [-0.25, -0.2) is 0 Å². The molecule has 2 rings (SSSR count). The molecule has 0 atom stereocenters. The number of hydrogen-bond donors (Lipinski definition) is 4. The number of rotatable bonds is 5. The monoisotopic (exact) mass is 263 g/mol. The number of benzene rings is 1. The van der Waals surface area contributed by atoms with Crippen molar-refractivity contribution in [2.24, 2.45) is 11.1 Å². The third-order valence-electron chi connectivity index (χ3n) is 3.96. The average Bonchev–Trinajstić information content (AvgIpc) is 2.85. The first-order valence-corrected chi connectivity index (χ1v) is 6.60. The third kappa shape index (κ3) is 2.98. The number of carbonyl (C=O) groups excluding carboxylic acids is 1. The molecule has 6 N–H and O–H groups in total. The second-order valence-electron chi connectivity index (χ2n) is 5.39. The van der Waals surface area contributed by atoms with Crippen LogP contribution >= 0.6 is 0 Å². The molecule has 1 saturated carbocycles. The van der Waals surface area contributed by atoms with Crippen molar-refractivity contribution >= 4 is 17.3 Å². The van der Waals surface area contributed by atoms with Gasteiger partial charge < -0.3 is 21.9 Å². The number of amides is 1. The van der Waals surface area contributed by atoms with Crippen LogP contribution in [0.3, 0.4) is 0 Å². The summed E-state index contributed by atoms with van der Waals surface area (Å²) in [4.78, 5) is 11.4. The van der Waals surface area contributed by atoms with E-state index < -0.39 is 5.91 Å². The lowest BCUT2D eigenvalue weighted by Gasteiger charge is -2.27. The van der Waals surface area contributed by atoms with Gasteiger partial charge in [0.05, 0.1) is 12.2 Å². The molecule has 1 aromatic carbocycles. The van der Waals surface area contributed by atoms with Crippen LogP contribution in [-0.2, 0) is 0 Å². The van der Waals surface area contributed by atoms with E-state index in [-0.39, 0.29) is 12.0 Å². The van der Waals surface area contributed by atoms with Gasteiger partial charge in [0.1, 0.15) is 0 Å². The van der Waals surface area contributed by atoms with Crippen molar-refractivity contribution in [3.63, 3.8) is 0 Å². The van der Waals surface area contributed by atoms with Crippen molar-refractivity contribution in [3.05, 3.63) is 23.8 Å². The maximum atomic E-state index is 11.4. The van der Waals surface area contributed by atoms with Crippen LogP contribution in [0.2, 0.25) is 0 Å². The predicted octanol–water partition coefficient (Wildman–Crippen LogP) is 1.33. The first-order valence-electron chi connectivity index (χ1n) is 6.60. The van der Waals surface area contributed by atoms with E-state index in [0.29, 0.717) is 23.5 Å². The Balaban J connectivity index is 2.14. The first-order chi connectivity index (χ1) is 9.06. The first kappa shape index (κ1) is 13.7. The van der Waals surface area contributed by atoms with Crippen molar-refractivity contribution in [3.8, 4) is 0 Å². The number of nitrogens with one attached hydrogen (secondary N) is 1. The van der Waals surface area contributed by atoms with Crippen molar-refractivity contribution in [1.82, 2.24) is 0 Å². The molecule has 5 nitrogen and oxygen atoms in total. The summed E-state index contributed by atoms with van der Waals surface area (Å²) in [5.74, 6) is -0.480. The topological polar surface area (TPSA) is 101 Å². The molecule has 0 heterocycles. The van der Waals surface area contributed by atoms with E-state index >= 15 is 0 Å². The van der Waals surface area contributed by atoms with E-state index in [1.165, 1.54) is 0 Å². The minimum Gasteiger partial charge on any atom is -0.399 e. The summed E-state index contributed by atoms with van der Waals surface area (Å²) in [6, 6.07) is 4.99. The number of anilines is 2. The zero-order chi connectivity index (χ0) is 13.9. The normalized spacial score (nSPS) is 17.3. The lowest BCUT2D eigenvalue weighted by molar-refractivity contribution is 0.100. The molecule has 0 radical (unpaired) electrons. The summed E-state index contributed by atoms with van der Waals surface area (Å²) in [6.45, 7) is 0.793. The molecule has 0 saturated heterocycles. The summed E-state index contributed by atoms with van der Waals surface area (Å²) >= 11 is 0. The number of nitrogens with two attached hydrogens (primary N) is 2. The highest BCUT2D eigenvalue weighted by molar-refractivity contribution is 5.99. The zero-order valence-electron chi connectivity index (χ0n) is 11.0. The molecule has 0 aliphatic heterocycles. The summed E-state index contributed by atoms with van der Waals surface area (Å²) < 4.78 is 0. The number of hydrogen-bond acceptors (Lipinski definition) is 4. The average molecular weight is 263 g/mol. The van der Waals surface area contributed by atoms with Crippen LogP contribution in [0.25, 0.3) is 0 Å². The lowest BCUT2D eigenvalue weighted by atomic mass is 9.87. The Labute approximate surface area is 113 Å². The molecule has 1 aliphatic rings. The van der Waals surface area contributed by atoms with Gasteiger partial charge in [0, 0.05) is 23.3 Å². The van der Waals surface area contributed by atoms with Gasteiger partial charge in [0.25, 0.3) is 5.91 Å². The SMILES string of the molecule is NC(=O)c1ccc(N)cc1NCC1(CO)CCCC1. The maximum absolute atomic E-state index is 11.4. The molecule has 1 aromatic rings. The number of aliphatic hydroxyl groups is 1. The van der Waals surface area contributed by atoms with Gasteiger partial charge in [-0.05, 0) is 31.0 Å². The largest absolute Gasteiger partial charge is 0.399 e. The van der Waals surface area contributed by atoms with Gasteiger partial charge in [-0.2, -0.15) is 0 Å². The van der Waals surface area contributed by atoms with Crippen molar-refractivity contribution in [2.45, 2.75) is 25.7 Å². The van der Waals surface area contributed by atoms with Crippen LogP contribution in [0.15, 0.2) is 18.2 Å². The molecule has 19 heavy (non-hydrogen) atoms. The minimum absolute atomic E-state index is 0.0838. The molecule has 1 amide bonds.